The lowest BCUT2D eigenvalue weighted by molar-refractivity contribution is -0.121. The molecule has 3 nitrogen and oxygen atoms in total. The van der Waals surface area contributed by atoms with Crippen molar-refractivity contribution in [2.75, 3.05) is 13.2 Å². The van der Waals surface area contributed by atoms with E-state index in [1.165, 1.54) is 11.1 Å². The second kappa shape index (κ2) is 5.71. The van der Waals surface area contributed by atoms with Crippen molar-refractivity contribution in [1.29, 1.82) is 0 Å². The molecule has 1 aliphatic rings. The fourth-order valence-electron chi connectivity index (χ4n) is 2.18. The Labute approximate surface area is 102 Å². The van der Waals surface area contributed by atoms with Gasteiger partial charge in [-0.05, 0) is 49.4 Å². The Hall–Kier alpha value is -1.51. The number of hydrogen-bond acceptors (Lipinski definition) is 2. The third-order valence-corrected chi connectivity index (χ3v) is 3.06. The third-order valence-electron chi connectivity index (χ3n) is 3.06. The highest BCUT2D eigenvalue weighted by Gasteiger charge is 2.10. The minimum atomic E-state index is 0.159. The van der Waals surface area contributed by atoms with Crippen molar-refractivity contribution in [3.63, 3.8) is 0 Å². The predicted octanol–water partition coefficient (Wildman–Crippen LogP) is 2.08. The largest absolute Gasteiger partial charge is 0.494 e. The van der Waals surface area contributed by atoms with Gasteiger partial charge >= 0.3 is 0 Å². The first-order chi connectivity index (χ1) is 8.29. The highest BCUT2D eigenvalue weighted by molar-refractivity contribution is 5.76. The van der Waals surface area contributed by atoms with Gasteiger partial charge < -0.3 is 10.1 Å². The highest BCUT2D eigenvalue weighted by Crippen LogP contribution is 2.21. The molecule has 0 atom stereocenters. The van der Waals surface area contributed by atoms with Gasteiger partial charge in [0.25, 0.3) is 0 Å². The normalized spacial score (nSPS) is 16.2. The molecule has 0 fully saturated rings. The molecule has 17 heavy (non-hydrogen) atoms. The molecule has 92 valence electrons. The molecule has 3 heteroatoms. The van der Waals surface area contributed by atoms with Crippen LogP contribution in [0.5, 0.6) is 5.75 Å². The Morgan fingerprint density at radius 3 is 2.94 bits per heavy atom. The van der Waals surface area contributed by atoms with Crippen LogP contribution in [0, 0.1) is 0 Å². The Morgan fingerprint density at radius 1 is 1.24 bits per heavy atom. The molecule has 0 spiro atoms. The molecule has 0 aliphatic carbocycles. The lowest BCUT2D eigenvalue weighted by Gasteiger charge is -2.10. The summed E-state index contributed by atoms with van der Waals surface area (Å²) in [6.45, 7) is 3.46. The Balaban J connectivity index is 2.19. The van der Waals surface area contributed by atoms with Gasteiger partial charge in [0, 0.05) is 13.0 Å². The van der Waals surface area contributed by atoms with Gasteiger partial charge in [-0.2, -0.15) is 0 Å². The summed E-state index contributed by atoms with van der Waals surface area (Å²) in [7, 11) is 0. The van der Waals surface area contributed by atoms with Crippen LogP contribution in [0.15, 0.2) is 18.2 Å². The minimum absolute atomic E-state index is 0.159. The third kappa shape index (κ3) is 3.22. The molecule has 0 aromatic heterocycles. The van der Waals surface area contributed by atoms with Crippen LogP contribution in [-0.2, 0) is 17.6 Å². The smallest absolute Gasteiger partial charge is 0.220 e. The van der Waals surface area contributed by atoms with E-state index >= 15 is 0 Å². The number of ether oxygens (including phenoxy) is 1. The van der Waals surface area contributed by atoms with Gasteiger partial charge in [0.2, 0.25) is 5.91 Å². The van der Waals surface area contributed by atoms with Crippen LogP contribution in [0.4, 0.5) is 0 Å². The zero-order valence-corrected chi connectivity index (χ0v) is 10.3. The molecular weight excluding hydrogens is 214 g/mol. The summed E-state index contributed by atoms with van der Waals surface area (Å²) in [6, 6.07) is 6.21. The second-order valence-electron chi connectivity index (χ2n) is 4.32. The van der Waals surface area contributed by atoms with Crippen molar-refractivity contribution in [3.05, 3.63) is 29.3 Å². The van der Waals surface area contributed by atoms with E-state index in [0.29, 0.717) is 13.0 Å². The van der Waals surface area contributed by atoms with Crippen LogP contribution < -0.4 is 10.1 Å². The molecule has 0 bridgehead atoms. The fraction of sp³-hybridized carbons (Fsp3) is 0.500. The molecule has 1 aromatic rings. The molecule has 0 unspecified atom stereocenters. The molecule has 1 amide bonds. The number of benzene rings is 1. The zero-order chi connectivity index (χ0) is 12.1. The van der Waals surface area contributed by atoms with Gasteiger partial charge in [-0.3, -0.25) is 4.79 Å². The molecule has 0 radical (unpaired) electrons. The van der Waals surface area contributed by atoms with Crippen molar-refractivity contribution >= 4 is 5.91 Å². The number of fused-ring (bicyclic) bond motifs is 1. The summed E-state index contributed by atoms with van der Waals surface area (Å²) in [5, 5.41) is 2.93. The Kier molecular flexibility index (Phi) is 4.02. The maximum atomic E-state index is 11.4. The molecule has 1 heterocycles. The van der Waals surface area contributed by atoms with Crippen LogP contribution in [0.25, 0.3) is 0 Å². The second-order valence-corrected chi connectivity index (χ2v) is 4.32. The van der Waals surface area contributed by atoms with E-state index in [9.17, 15) is 4.79 Å². The van der Waals surface area contributed by atoms with Crippen molar-refractivity contribution < 1.29 is 9.53 Å². The summed E-state index contributed by atoms with van der Waals surface area (Å²) in [4.78, 5) is 11.4. The number of aryl methyl sites for hydroxylation is 2. The van der Waals surface area contributed by atoms with Crippen LogP contribution in [0.2, 0.25) is 0 Å². The molecule has 0 saturated heterocycles. The topological polar surface area (TPSA) is 38.3 Å². The number of rotatable bonds is 2. The number of amides is 1. The zero-order valence-electron chi connectivity index (χ0n) is 10.3. The number of carbonyl (C=O) groups excluding carboxylic acids is 1. The van der Waals surface area contributed by atoms with Crippen LogP contribution in [0.1, 0.15) is 30.9 Å². The average molecular weight is 233 g/mol. The monoisotopic (exact) mass is 233 g/mol. The number of carbonyl (C=O) groups is 1. The highest BCUT2D eigenvalue weighted by atomic mass is 16.5. The first-order valence-corrected chi connectivity index (χ1v) is 6.31. The van der Waals surface area contributed by atoms with Gasteiger partial charge in [-0.1, -0.05) is 6.07 Å². The Bertz CT molecular complexity index is 401. The minimum Gasteiger partial charge on any atom is -0.494 e. The van der Waals surface area contributed by atoms with E-state index < -0.39 is 0 Å². The SMILES string of the molecule is CCOc1ccc2c(c1)CCCNC(=O)CC2. The molecular formula is C14H19NO2. The van der Waals surface area contributed by atoms with Gasteiger partial charge in [0.15, 0.2) is 0 Å². The molecule has 1 aromatic carbocycles. The molecule has 1 aliphatic heterocycles. The standard InChI is InChI=1S/C14H19NO2/c1-2-17-13-7-5-11-6-8-14(16)15-9-3-4-12(11)10-13/h5,7,10H,2-4,6,8-9H2,1H3,(H,15,16). The van der Waals surface area contributed by atoms with Crippen molar-refractivity contribution in [1.82, 2.24) is 5.32 Å². The van der Waals surface area contributed by atoms with E-state index in [1.807, 2.05) is 13.0 Å². The van der Waals surface area contributed by atoms with Crippen LogP contribution >= 0.6 is 0 Å². The maximum absolute atomic E-state index is 11.4. The number of hydrogen-bond donors (Lipinski definition) is 1. The number of nitrogens with one attached hydrogen (secondary N) is 1. The van der Waals surface area contributed by atoms with Gasteiger partial charge in [-0.15, -0.1) is 0 Å². The van der Waals surface area contributed by atoms with Gasteiger partial charge in [0.1, 0.15) is 5.75 Å². The predicted molar refractivity (Wildman–Crippen MR) is 67.3 cm³/mol. The summed E-state index contributed by atoms with van der Waals surface area (Å²) in [6.07, 6.45) is 3.42. The van der Waals surface area contributed by atoms with Crippen LogP contribution in [-0.4, -0.2) is 19.1 Å². The lowest BCUT2D eigenvalue weighted by atomic mass is 9.99. The quantitative estimate of drug-likeness (QED) is 0.849. The maximum Gasteiger partial charge on any atom is 0.220 e. The first-order valence-electron chi connectivity index (χ1n) is 6.31. The van der Waals surface area contributed by atoms with E-state index in [-0.39, 0.29) is 5.91 Å². The summed E-state index contributed by atoms with van der Waals surface area (Å²) >= 11 is 0. The van der Waals surface area contributed by atoms with Crippen molar-refractivity contribution in [3.8, 4) is 5.75 Å². The van der Waals surface area contributed by atoms with Crippen LogP contribution in [0.3, 0.4) is 0 Å². The molecule has 1 N–H and O–H groups in total. The van der Waals surface area contributed by atoms with E-state index in [2.05, 4.69) is 17.4 Å². The van der Waals surface area contributed by atoms with E-state index in [0.717, 1.165) is 31.6 Å². The summed E-state index contributed by atoms with van der Waals surface area (Å²) < 4.78 is 5.51. The Morgan fingerprint density at radius 2 is 2.12 bits per heavy atom. The first kappa shape index (κ1) is 12.0. The molecule has 0 saturated carbocycles. The summed E-state index contributed by atoms with van der Waals surface area (Å²) in [5.41, 5.74) is 2.61. The van der Waals surface area contributed by atoms with E-state index in [1.54, 1.807) is 0 Å². The van der Waals surface area contributed by atoms with Gasteiger partial charge in [-0.25, -0.2) is 0 Å². The van der Waals surface area contributed by atoms with Crippen molar-refractivity contribution in [2.24, 2.45) is 0 Å². The average Bonchev–Trinajstić information content (AvgIpc) is 2.41. The fourth-order valence-corrected chi connectivity index (χ4v) is 2.18. The summed E-state index contributed by atoms with van der Waals surface area (Å²) in [5.74, 6) is 1.09. The van der Waals surface area contributed by atoms with Crippen molar-refractivity contribution in [2.45, 2.75) is 32.6 Å². The lowest BCUT2D eigenvalue weighted by Crippen LogP contribution is -2.23. The van der Waals surface area contributed by atoms with E-state index in [4.69, 9.17) is 4.74 Å². The molecule has 2 rings (SSSR count). The van der Waals surface area contributed by atoms with Gasteiger partial charge in [0.05, 0.1) is 6.61 Å².